The second-order valence-electron chi connectivity index (χ2n) is 7.04. The van der Waals surface area contributed by atoms with Crippen molar-refractivity contribution in [3.05, 3.63) is 84.9 Å². The summed E-state index contributed by atoms with van der Waals surface area (Å²) in [6, 6.07) is 29.5. The zero-order valence-electron chi connectivity index (χ0n) is 15.4. The summed E-state index contributed by atoms with van der Waals surface area (Å²) in [6.45, 7) is 0. The number of rotatable bonds is 3. The van der Waals surface area contributed by atoms with E-state index in [1.807, 2.05) is 35.6 Å². The van der Waals surface area contributed by atoms with Crippen LogP contribution in [0.1, 0.15) is 0 Å². The van der Waals surface area contributed by atoms with Gasteiger partial charge in [0.05, 0.1) is 11.0 Å². The van der Waals surface area contributed by atoms with E-state index in [2.05, 4.69) is 65.2 Å². The minimum Gasteiger partial charge on any atom is -0.537 e. The molecule has 29 heavy (non-hydrogen) atoms. The number of aromatic nitrogens is 1. The Morgan fingerprint density at radius 2 is 1.48 bits per heavy atom. The first kappa shape index (κ1) is 16.7. The van der Waals surface area contributed by atoms with E-state index in [4.69, 9.17) is 9.68 Å². The van der Waals surface area contributed by atoms with Gasteiger partial charge in [-0.15, -0.1) is 11.3 Å². The Hall–Kier alpha value is -3.28. The van der Waals surface area contributed by atoms with Crippen molar-refractivity contribution >= 4 is 61.0 Å². The Bertz CT molecular complexity index is 1520. The van der Waals surface area contributed by atoms with Crippen LogP contribution in [0.3, 0.4) is 0 Å². The molecule has 5 heteroatoms. The van der Waals surface area contributed by atoms with Crippen molar-refractivity contribution in [3.8, 4) is 11.4 Å². The Balaban J connectivity index is 1.79. The first-order valence-corrected chi connectivity index (χ1v) is 10.2. The van der Waals surface area contributed by atoms with E-state index >= 15 is 0 Å². The average Bonchev–Trinajstić information content (AvgIpc) is 3.28. The quantitative estimate of drug-likeness (QED) is 0.372. The second kappa shape index (κ2) is 6.37. The summed E-state index contributed by atoms with van der Waals surface area (Å²) in [7, 11) is 0.724. The summed E-state index contributed by atoms with van der Waals surface area (Å²) in [4.78, 5) is 0. The van der Waals surface area contributed by atoms with Gasteiger partial charge in [0.1, 0.15) is 5.75 Å². The lowest BCUT2D eigenvalue weighted by molar-refractivity contribution is 0.454. The SMILES string of the molecule is O[B]Oc1ccc2c(c1)c1cc3sc4ccccc4c3cc1n2-c1ccccc1. The first-order chi connectivity index (χ1) is 14.3. The minimum absolute atomic E-state index is 0.614. The van der Waals surface area contributed by atoms with Crippen molar-refractivity contribution in [3.63, 3.8) is 0 Å². The molecule has 1 radical (unpaired) electrons. The van der Waals surface area contributed by atoms with Crippen LogP contribution in [0.2, 0.25) is 0 Å². The van der Waals surface area contributed by atoms with Gasteiger partial charge in [-0.25, -0.2) is 0 Å². The molecule has 0 saturated heterocycles. The van der Waals surface area contributed by atoms with Crippen molar-refractivity contribution < 1.29 is 9.68 Å². The maximum absolute atomic E-state index is 9.06. The molecule has 1 N–H and O–H groups in total. The molecule has 0 spiro atoms. The summed E-state index contributed by atoms with van der Waals surface area (Å²) in [5.41, 5.74) is 3.39. The highest BCUT2D eigenvalue weighted by Crippen LogP contribution is 2.41. The standard InChI is InChI=1S/C24H15BNO2S/c27-25-28-16-10-11-21-18(12-16)19-14-24-20(17-8-4-5-9-23(17)29-24)13-22(19)26(21)15-6-2-1-3-7-15/h1-14,27H. The van der Waals surface area contributed by atoms with Crippen molar-refractivity contribution in [2.45, 2.75) is 0 Å². The van der Waals surface area contributed by atoms with E-state index < -0.39 is 0 Å². The molecule has 6 rings (SSSR count). The van der Waals surface area contributed by atoms with E-state index in [9.17, 15) is 0 Å². The molecular formula is C24H15BNO2S. The van der Waals surface area contributed by atoms with Crippen molar-refractivity contribution in [2.75, 3.05) is 0 Å². The topological polar surface area (TPSA) is 34.4 Å². The Morgan fingerprint density at radius 3 is 2.34 bits per heavy atom. The monoisotopic (exact) mass is 392 g/mol. The van der Waals surface area contributed by atoms with Gasteiger partial charge in [-0.2, -0.15) is 0 Å². The van der Waals surface area contributed by atoms with Gasteiger partial charge in [0.2, 0.25) is 0 Å². The van der Waals surface area contributed by atoms with Gasteiger partial charge >= 0.3 is 7.69 Å². The van der Waals surface area contributed by atoms with E-state index in [0.717, 1.165) is 29.8 Å². The number of para-hydroxylation sites is 1. The van der Waals surface area contributed by atoms with Crippen LogP contribution < -0.4 is 4.65 Å². The molecule has 2 heterocycles. The van der Waals surface area contributed by atoms with Gasteiger partial charge in [-0.05, 0) is 48.5 Å². The highest BCUT2D eigenvalue weighted by Gasteiger charge is 2.16. The van der Waals surface area contributed by atoms with Gasteiger partial charge < -0.3 is 14.2 Å². The Kier molecular flexibility index (Phi) is 3.66. The zero-order chi connectivity index (χ0) is 19.4. The van der Waals surface area contributed by atoms with Gasteiger partial charge in [0.25, 0.3) is 0 Å². The molecule has 0 amide bonds. The van der Waals surface area contributed by atoms with Crippen molar-refractivity contribution in [1.29, 1.82) is 0 Å². The van der Waals surface area contributed by atoms with E-state index in [-0.39, 0.29) is 0 Å². The molecule has 0 saturated carbocycles. The fourth-order valence-corrected chi connectivity index (χ4v) is 5.33. The predicted molar refractivity (Wildman–Crippen MR) is 122 cm³/mol. The lowest BCUT2D eigenvalue weighted by Gasteiger charge is -2.08. The van der Waals surface area contributed by atoms with Crippen LogP contribution in [0.15, 0.2) is 84.9 Å². The first-order valence-electron chi connectivity index (χ1n) is 9.41. The van der Waals surface area contributed by atoms with Crippen LogP contribution in [-0.4, -0.2) is 17.3 Å². The smallest absolute Gasteiger partial charge is 0.537 e. The highest BCUT2D eigenvalue weighted by atomic mass is 32.1. The summed E-state index contributed by atoms with van der Waals surface area (Å²) >= 11 is 1.82. The maximum Gasteiger partial charge on any atom is 0.569 e. The largest absolute Gasteiger partial charge is 0.569 e. The molecule has 0 fully saturated rings. The highest BCUT2D eigenvalue weighted by molar-refractivity contribution is 7.25. The second-order valence-corrected chi connectivity index (χ2v) is 8.12. The number of thiophene rings is 1. The third kappa shape index (κ3) is 2.48. The number of fused-ring (bicyclic) bond motifs is 6. The zero-order valence-corrected chi connectivity index (χ0v) is 16.2. The van der Waals surface area contributed by atoms with Gasteiger partial charge in [-0.1, -0.05) is 36.4 Å². The van der Waals surface area contributed by atoms with Crippen LogP contribution in [0.4, 0.5) is 0 Å². The Labute approximate surface area is 171 Å². The molecule has 137 valence electrons. The summed E-state index contributed by atoms with van der Waals surface area (Å²) in [5.74, 6) is 0.614. The molecule has 0 unspecified atom stereocenters. The average molecular weight is 392 g/mol. The van der Waals surface area contributed by atoms with E-state index in [1.54, 1.807) is 0 Å². The minimum atomic E-state index is 0.614. The van der Waals surface area contributed by atoms with Crippen molar-refractivity contribution in [1.82, 2.24) is 4.57 Å². The fraction of sp³-hybridized carbons (Fsp3) is 0. The van der Waals surface area contributed by atoms with Crippen LogP contribution in [-0.2, 0) is 0 Å². The maximum atomic E-state index is 9.06. The third-order valence-corrected chi connectivity index (χ3v) is 6.57. The van der Waals surface area contributed by atoms with Crippen LogP contribution in [0, 0.1) is 0 Å². The van der Waals surface area contributed by atoms with Crippen molar-refractivity contribution in [2.24, 2.45) is 0 Å². The fourth-order valence-electron chi connectivity index (χ4n) is 4.21. The Morgan fingerprint density at radius 1 is 0.690 bits per heavy atom. The number of benzene rings is 4. The molecule has 0 aliphatic heterocycles. The van der Waals surface area contributed by atoms with Crippen LogP contribution in [0.5, 0.6) is 5.75 Å². The van der Waals surface area contributed by atoms with Gasteiger partial charge in [0, 0.05) is 36.6 Å². The summed E-state index contributed by atoms with van der Waals surface area (Å²) < 4.78 is 10.1. The van der Waals surface area contributed by atoms with Crippen LogP contribution >= 0.6 is 11.3 Å². The molecule has 4 aromatic carbocycles. The lowest BCUT2D eigenvalue weighted by Crippen LogP contribution is -1.99. The molecular weight excluding hydrogens is 377 g/mol. The summed E-state index contributed by atoms with van der Waals surface area (Å²) in [6.07, 6.45) is 0. The molecule has 2 aromatic heterocycles. The van der Waals surface area contributed by atoms with Crippen LogP contribution in [0.25, 0.3) is 47.7 Å². The third-order valence-electron chi connectivity index (χ3n) is 5.44. The number of hydrogen-bond donors (Lipinski definition) is 1. The number of hydrogen-bond acceptors (Lipinski definition) is 3. The molecule has 0 aliphatic rings. The summed E-state index contributed by atoms with van der Waals surface area (Å²) in [5, 5.41) is 13.9. The number of nitrogens with zero attached hydrogens (tertiary/aromatic N) is 1. The van der Waals surface area contributed by atoms with E-state index in [0.29, 0.717) is 5.75 Å². The normalized spacial score (nSPS) is 11.6. The van der Waals surface area contributed by atoms with Gasteiger partial charge in [-0.3, -0.25) is 0 Å². The predicted octanol–water partition coefficient (Wildman–Crippen LogP) is 6.06. The molecule has 6 aromatic rings. The molecule has 0 atom stereocenters. The van der Waals surface area contributed by atoms with E-state index in [1.165, 1.54) is 25.6 Å². The molecule has 0 bridgehead atoms. The molecule has 3 nitrogen and oxygen atoms in total. The lowest BCUT2D eigenvalue weighted by atomic mass is 10.1. The molecule has 0 aliphatic carbocycles. The van der Waals surface area contributed by atoms with Gasteiger partial charge in [0.15, 0.2) is 0 Å².